The second kappa shape index (κ2) is 8.42. The van der Waals surface area contributed by atoms with Crippen LogP contribution in [0.2, 0.25) is 0 Å². The minimum atomic E-state index is -0.510. The van der Waals surface area contributed by atoms with Crippen molar-refractivity contribution in [2.45, 2.75) is 32.8 Å². The van der Waals surface area contributed by atoms with Crippen LogP contribution in [0.25, 0.3) is 0 Å². The van der Waals surface area contributed by atoms with Gasteiger partial charge in [-0.15, -0.1) is 0 Å². The molecule has 0 radical (unpaired) electrons. The van der Waals surface area contributed by atoms with Gasteiger partial charge in [-0.05, 0) is 63.1 Å². The predicted molar refractivity (Wildman–Crippen MR) is 101 cm³/mol. The zero-order chi connectivity index (χ0) is 18.3. The first-order valence-corrected chi connectivity index (χ1v) is 8.33. The van der Waals surface area contributed by atoms with E-state index in [0.29, 0.717) is 5.69 Å². The largest absolute Gasteiger partial charge is 0.496 e. The number of ether oxygens (including phenoxy) is 2. The molecule has 0 heterocycles. The molecule has 0 aliphatic carbocycles. The molecule has 0 spiro atoms. The summed E-state index contributed by atoms with van der Waals surface area (Å²) < 4.78 is 10.6. The number of hydrogen-bond donors (Lipinski definition) is 2. The summed E-state index contributed by atoms with van der Waals surface area (Å²) in [6, 6.07) is 15.5. The summed E-state index contributed by atoms with van der Waals surface area (Å²) in [5.74, 6) is 0.904. The molecule has 2 aromatic rings. The van der Waals surface area contributed by atoms with Gasteiger partial charge in [0.2, 0.25) is 0 Å². The second-order valence-corrected chi connectivity index (χ2v) is 6.69. The number of anilines is 2. The van der Waals surface area contributed by atoms with E-state index in [0.717, 1.165) is 24.4 Å². The highest BCUT2D eigenvalue weighted by molar-refractivity contribution is 5.85. The van der Waals surface area contributed by atoms with Gasteiger partial charge in [-0.25, -0.2) is 4.79 Å². The van der Waals surface area contributed by atoms with Crippen LogP contribution in [0.3, 0.4) is 0 Å². The molecule has 0 bridgehead atoms. The number of rotatable bonds is 6. The van der Waals surface area contributed by atoms with Gasteiger partial charge in [-0.3, -0.25) is 5.32 Å². The van der Waals surface area contributed by atoms with Crippen LogP contribution >= 0.6 is 0 Å². The summed E-state index contributed by atoms with van der Waals surface area (Å²) in [5, 5.41) is 6.08. The van der Waals surface area contributed by atoms with Gasteiger partial charge in [-0.1, -0.05) is 18.2 Å². The molecule has 134 valence electrons. The Balaban J connectivity index is 1.83. The van der Waals surface area contributed by atoms with Crippen LogP contribution in [0.5, 0.6) is 5.75 Å². The maximum absolute atomic E-state index is 11.7. The molecule has 5 heteroatoms. The molecule has 2 aromatic carbocycles. The molecule has 0 unspecified atom stereocenters. The van der Waals surface area contributed by atoms with E-state index in [1.54, 1.807) is 7.11 Å². The third-order valence-corrected chi connectivity index (χ3v) is 3.45. The number of benzene rings is 2. The SMILES string of the molecule is COc1ccccc1CCNc1ccc(NC(=O)OC(C)(C)C)cc1. The Morgan fingerprint density at radius 3 is 2.28 bits per heavy atom. The Morgan fingerprint density at radius 1 is 1.00 bits per heavy atom. The number of nitrogens with one attached hydrogen (secondary N) is 2. The summed E-state index contributed by atoms with van der Waals surface area (Å²) in [5.41, 5.74) is 2.35. The second-order valence-electron chi connectivity index (χ2n) is 6.69. The molecule has 0 saturated heterocycles. The van der Waals surface area contributed by atoms with Crippen LogP contribution in [0.15, 0.2) is 48.5 Å². The fraction of sp³-hybridized carbons (Fsp3) is 0.350. The maximum Gasteiger partial charge on any atom is 0.412 e. The molecule has 25 heavy (non-hydrogen) atoms. The summed E-state index contributed by atoms with van der Waals surface area (Å²) in [4.78, 5) is 11.7. The summed E-state index contributed by atoms with van der Waals surface area (Å²) >= 11 is 0. The highest BCUT2D eigenvalue weighted by Crippen LogP contribution is 2.19. The lowest BCUT2D eigenvalue weighted by Gasteiger charge is -2.19. The van der Waals surface area contributed by atoms with E-state index >= 15 is 0 Å². The lowest BCUT2D eigenvalue weighted by Crippen LogP contribution is -2.27. The fourth-order valence-electron chi connectivity index (χ4n) is 2.34. The molecule has 0 saturated carbocycles. The number of methoxy groups -OCH3 is 1. The van der Waals surface area contributed by atoms with Crippen molar-refractivity contribution in [2.75, 3.05) is 24.3 Å². The number of para-hydroxylation sites is 1. The smallest absolute Gasteiger partial charge is 0.412 e. The summed E-state index contributed by atoms with van der Waals surface area (Å²) in [7, 11) is 1.68. The van der Waals surface area contributed by atoms with Gasteiger partial charge in [-0.2, -0.15) is 0 Å². The zero-order valence-electron chi connectivity index (χ0n) is 15.3. The van der Waals surface area contributed by atoms with Crippen LogP contribution in [-0.4, -0.2) is 25.3 Å². The third kappa shape index (κ3) is 6.37. The molecular formula is C20H26N2O3. The maximum atomic E-state index is 11.7. The van der Waals surface area contributed by atoms with E-state index in [2.05, 4.69) is 16.7 Å². The van der Waals surface area contributed by atoms with E-state index < -0.39 is 11.7 Å². The van der Waals surface area contributed by atoms with Crippen LogP contribution in [-0.2, 0) is 11.2 Å². The molecular weight excluding hydrogens is 316 g/mol. The monoisotopic (exact) mass is 342 g/mol. The van der Waals surface area contributed by atoms with E-state index in [-0.39, 0.29) is 0 Å². The molecule has 0 atom stereocenters. The Hall–Kier alpha value is -2.69. The zero-order valence-corrected chi connectivity index (χ0v) is 15.3. The van der Waals surface area contributed by atoms with Gasteiger partial charge < -0.3 is 14.8 Å². The molecule has 1 amide bonds. The van der Waals surface area contributed by atoms with Crippen molar-refractivity contribution >= 4 is 17.5 Å². The van der Waals surface area contributed by atoms with Crippen molar-refractivity contribution in [3.8, 4) is 5.75 Å². The Kier molecular flexibility index (Phi) is 6.28. The molecule has 0 aliphatic rings. The first-order valence-electron chi connectivity index (χ1n) is 8.33. The van der Waals surface area contributed by atoms with Crippen LogP contribution < -0.4 is 15.4 Å². The van der Waals surface area contributed by atoms with Gasteiger partial charge in [0.25, 0.3) is 0 Å². The molecule has 5 nitrogen and oxygen atoms in total. The third-order valence-electron chi connectivity index (χ3n) is 3.45. The first kappa shape index (κ1) is 18.6. The summed E-state index contributed by atoms with van der Waals surface area (Å²) in [6.07, 6.45) is 0.409. The highest BCUT2D eigenvalue weighted by atomic mass is 16.6. The van der Waals surface area contributed by atoms with Crippen molar-refractivity contribution in [1.29, 1.82) is 0 Å². The molecule has 0 aromatic heterocycles. The Morgan fingerprint density at radius 2 is 1.64 bits per heavy atom. The van der Waals surface area contributed by atoms with Crippen LogP contribution in [0.1, 0.15) is 26.3 Å². The van der Waals surface area contributed by atoms with Gasteiger partial charge in [0, 0.05) is 17.9 Å². The lowest BCUT2D eigenvalue weighted by atomic mass is 10.1. The van der Waals surface area contributed by atoms with Crippen molar-refractivity contribution in [1.82, 2.24) is 0 Å². The van der Waals surface area contributed by atoms with E-state index in [1.165, 1.54) is 5.56 Å². The van der Waals surface area contributed by atoms with Gasteiger partial charge in [0.15, 0.2) is 0 Å². The first-order chi connectivity index (χ1) is 11.9. The van der Waals surface area contributed by atoms with Crippen molar-refractivity contribution in [3.05, 3.63) is 54.1 Å². The number of carbonyl (C=O) groups is 1. The molecule has 2 N–H and O–H groups in total. The van der Waals surface area contributed by atoms with Crippen molar-refractivity contribution in [2.24, 2.45) is 0 Å². The minimum Gasteiger partial charge on any atom is -0.496 e. The van der Waals surface area contributed by atoms with Crippen LogP contribution in [0, 0.1) is 0 Å². The number of hydrogen-bond acceptors (Lipinski definition) is 4. The van der Waals surface area contributed by atoms with Gasteiger partial charge >= 0.3 is 6.09 Å². The normalized spacial score (nSPS) is 10.9. The van der Waals surface area contributed by atoms with Gasteiger partial charge in [0.05, 0.1) is 7.11 Å². The topological polar surface area (TPSA) is 59.6 Å². The predicted octanol–water partition coefficient (Wildman–Crippen LogP) is 4.70. The Bertz CT molecular complexity index is 691. The van der Waals surface area contributed by atoms with Crippen LogP contribution in [0.4, 0.5) is 16.2 Å². The molecule has 0 aliphatic heterocycles. The molecule has 0 fully saturated rings. The standard InChI is InChI=1S/C20H26N2O3/c1-20(2,3)25-19(23)22-17-11-9-16(10-12-17)21-14-13-15-7-5-6-8-18(15)24-4/h5-12,21H,13-14H2,1-4H3,(H,22,23). The van der Waals surface area contributed by atoms with Gasteiger partial charge in [0.1, 0.15) is 11.4 Å². The van der Waals surface area contributed by atoms with E-state index in [4.69, 9.17) is 9.47 Å². The van der Waals surface area contributed by atoms with E-state index in [9.17, 15) is 4.79 Å². The fourth-order valence-corrected chi connectivity index (χ4v) is 2.34. The van der Waals surface area contributed by atoms with Crippen molar-refractivity contribution in [3.63, 3.8) is 0 Å². The molecule has 2 rings (SSSR count). The van der Waals surface area contributed by atoms with E-state index in [1.807, 2.05) is 63.2 Å². The minimum absolute atomic E-state index is 0.454. The average molecular weight is 342 g/mol. The summed E-state index contributed by atoms with van der Waals surface area (Å²) in [6.45, 7) is 6.29. The van der Waals surface area contributed by atoms with Crippen molar-refractivity contribution < 1.29 is 14.3 Å². The number of carbonyl (C=O) groups excluding carboxylic acids is 1. The number of amides is 1. The lowest BCUT2D eigenvalue weighted by molar-refractivity contribution is 0.0636. The average Bonchev–Trinajstić information content (AvgIpc) is 2.55. The highest BCUT2D eigenvalue weighted by Gasteiger charge is 2.16. The Labute approximate surface area is 149 Å². The quantitative estimate of drug-likeness (QED) is 0.799.